The van der Waals surface area contributed by atoms with Crippen molar-refractivity contribution in [2.75, 3.05) is 37.6 Å². The molecule has 0 unspecified atom stereocenters. The van der Waals surface area contributed by atoms with E-state index in [-0.39, 0.29) is 10.8 Å². The van der Waals surface area contributed by atoms with E-state index in [1.54, 1.807) is 24.3 Å². The first-order valence-corrected chi connectivity index (χ1v) is 11.8. The van der Waals surface area contributed by atoms with Crippen molar-refractivity contribution in [1.82, 2.24) is 10.2 Å². The minimum absolute atomic E-state index is 0.0555. The number of carbonyl (C=O) groups is 1. The molecule has 0 fully saturated rings. The van der Waals surface area contributed by atoms with Gasteiger partial charge in [-0.2, -0.15) is 0 Å². The molecule has 1 aliphatic heterocycles. The lowest BCUT2D eigenvalue weighted by atomic mass is 10.2. The van der Waals surface area contributed by atoms with Gasteiger partial charge in [0.25, 0.3) is 15.9 Å². The average molecular weight is 448 g/mol. The van der Waals surface area contributed by atoms with Gasteiger partial charge in [0.15, 0.2) is 11.5 Å². The van der Waals surface area contributed by atoms with Crippen LogP contribution in [0.3, 0.4) is 0 Å². The maximum Gasteiger partial charge on any atom is 0.262 e. The number of benzene rings is 2. The van der Waals surface area contributed by atoms with Crippen molar-refractivity contribution in [2.24, 2.45) is 0 Å². The third-order valence-corrected chi connectivity index (χ3v) is 6.40. The summed E-state index contributed by atoms with van der Waals surface area (Å²) in [5.41, 5.74) is 0.690. The largest absolute Gasteiger partial charge is 0.486 e. The Balaban J connectivity index is 1.66. The van der Waals surface area contributed by atoms with Gasteiger partial charge in [0.1, 0.15) is 13.2 Å². The molecule has 168 valence electrons. The molecule has 0 saturated heterocycles. The second-order valence-electron chi connectivity index (χ2n) is 7.47. The zero-order valence-corrected chi connectivity index (χ0v) is 18.9. The van der Waals surface area contributed by atoms with Gasteiger partial charge in [-0.1, -0.05) is 13.0 Å². The lowest BCUT2D eigenvalue weighted by Gasteiger charge is -2.24. The van der Waals surface area contributed by atoms with E-state index in [1.165, 1.54) is 18.2 Å². The molecule has 0 aromatic heterocycles. The molecule has 0 atom stereocenters. The van der Waals surface area contributed by atoms with Crippen molar-refractivity contribution in [3.63, 3.8) is 0 Å². The van der Waals surface area contributed by atoms with Gasteiger partial charge >= 0.3 is 0 Å². The summed E-state index contributed by atoms with van der Waals surface area (Å²) in [4.78, 5) is 14.8. The van der Waals surface area contributed by atoms with Gasteiger partial charge in [0, 0.05) is 36.4 Å². The summed E-state index contributed by atoms with van der Waals surface area (Å²) >= 11 is 0. The van der Waals surface area contributed by atoms with Crippen LogP contribution in [0.4, 0.5) is 5.69 Å². The molecule has 0 saturated carbocycles. The molecule has 2 aromatic carbocycles. The van der Waals surface area contributed by atoms with E-state index >= 15 is 0 Å². The summed E-state index contributed by atoms with van der Waals surface area (Å²) in [7, 11) is -3.85. The summed E-state index contributed by atoms with van der Waals surface area (Å²) < 4.78 is 39.0. The van der Waals surface area contributed by atoms with Crippen LogP contribution in [0.2, 0.25) is 0 Å². The molecule has 2 N–H and O–H groups in total. The third kappa shape index (κ3) is 5.89. The highest BCUT2D eigenvalue weighted by molar-refractivity contribution is 7.92. The summed E-state index contributed by atoms with van der Waals surface area (Å²) in [6.45, 7) is 9.28. The number of nitrogens with one attached hydrogen (secondary N) is 2. The van der Waals surface area contributed by atoms with Crippen LogP contribution in [-0.2, 0) is 10.0 Å². The van der Waals surface area contributed by atoms with Crippen molar-refractivity contribution in [1.29, 1.82) is 0 Å². The van der Waals surface area contributed by atoms with Crippen LogP contribution >= 0.6 is 0 Å². The van der Waals surface area contributed by atoms with Crippen LogP contribution < -0.4 is 19.5 Å². The van der Waals surface area contributed by atoms with Gasteiger partial charge in [-0.25, -0.2) is 8.42 Å². The van der Waals surface area contributed by atoms with Crippen LogP contribution in [-0.4, -0.2) is 58.1 Å². The number of rotatable bonds is 9. The molecule has 3 rings (SSSR count). The lowest BCUT2D eigenvalue weighted by Crippen LogP contribution is -2.38. The predicted molar refractivity (Wildman–Crippen MR) is 119 cm³/mol. The SMILES string of the molecule is CCN(CCNC(=O)c1cccc(NS(=O)(=O)c2ccc3c(c2)OCCO3)c1)C(C)C. The Morgan fingerprint density at radius 2 is 1.84 bits per heavy atom. The van der Waals surface area contributed by atoms with Gasteiger partial charge in [-0.05, 0) is 50.7 Å². The van der Waals surface area contributed by atoms with E-state index in [4.69, 9.17) is 9.47 Å². The summed E-state index contributed by atoms with van der Waals surface area (Å²) in [6, 6.07) is 11.3. The first kappa shape index (κ1) is 22.9. The number of fused-ring (bicyclic) bond motifs is 1. The number of likely N-dealkylation sites (N-methyl/N-ethyl adjacent to an activating group) is 1. The van der Waals surface area contributed by atoms with Crippen molar-refractivity contribution in [3.8, 4) is 11.5 Å². The highest BCUT2D eigenvalue weighted by Crippen LogP contribution is 2.32. The quantitative estimate of drug-likeness (QED) is 0.614. The molecule has 31 heavy (non-hydrogen) atoms. The normalized spacial score (nSPS) is 13.3. The van der Waals surface area contributed by atoms with Crippen molar-refractivity contribution >= 4 is 21.6 Å². The fourth-order valence-electron chi connectivity index (χ4n) is 3.33. The number of anilines is 1. The summed E-state index contributed by atoms with van der Waals surface area (Å²) in [6.07, 6.45) is 0. The van der Waals surface area contributed by atoms with Crippen molar-refractivity contribution < 1.29 is 22.7 Å². The maximum absolute atomic E-state index is 12.8. The monoisotopic (exact) mass is 447 g/mol. The number of sulfonamides is 1. The number of nitrogens with zero attached hydrogens (tertiary/aromatic N) is 1. The Morgan fingerprint density at radius 3 is 2.55 bits per heavy atom. The van der Waals surface area contributed by atoms with E-state index in [0.29, 0.717) is 48.6 Å². The first-order valence-electron chi connectivity index (χ1n) is 10.3. The van der Waals surface area contributed by atoms with Crippen LogP contribution in [0.5, 0.6) is 11.5 Å². The van der Waals surface area contributed by atoms with Gasteiger partial charge in [0.05, 0.1) is 4.90 Å². The zero-order chi connectivity index (χ0) is 22.4. The minimum atomic E-state index is -3.85. The number of ether oxygens (including phenoxy) is 2. The Morgan fingerprint density at radius 1 is 1.10 bits per heavy atom. The third-order valence-electron chi connectivity index (χ3n) is 5.02. The number of hydrogen-bond acceptors (Lipinski definition) is 6. The molecule has 8 nitrogen and oxygen atoms in total. The summed E-state index contributed by atoms with van der Waals surface area (Å²) in [5.74, 6) is 0.660. The van der Waals surface area contributed by atoms with E-state index < -0.39 is 10.0 Å². The molecule has 0 radical (unpaired) electrons. The van der Waals surface area contributed by atoms with Crippen LogP contribution in [0.1, 0.15) is 31.1 Å². The molecule has 2 aromatic rings. The Kier molecular flexibility index (Phi) is 7.40. The van der Waals surface area contributed by atoms with Crippen LogP contribution in [0.25, 0.3) is 0 Å². The van der Waals surface area contributed by atoms with E-state index in [9.17, 15) is 13.2 Å². The maximum atomic E-state index is 12.8. The van der Waals surface area contributed by atoms with Crippen molar-refractivity contribution in [2.45, 2.75) is 31.7 Å². The number of carbonyl (C=O) groups excluding carboxylic acids is 1. The van der Waals surface area contributed by atoms with E-state index in [1.807, 2.05) is 0 Å². The highest BCUT2D eigenvalue weighted by atomic mass is 32.2. The summed E-state index contributed by atoms with van der Waals surface area (Å²) in [5, 5.41) is 2.89. The van der Waals surface area contributed by atoms with E-state index in [2.05, 4.69) is 35.7 Å². The number of amides is 1. The Bertz CT molecular complexity index is 1020. The fourth-order valence-corrected chi connectivity index (χ4v) is 4.39. The van der Waals surface area contributed by atoms with Gasteiger partial charge in [-0.15, -0.1) is 0 Å². The fraction of sp³-hybridized carbons (Fsp3) is 0.409. The standard InChI is InChI=1S/C22H29N3O5S/c1-4-25(16(2)3)11-10-23-22(26)17-6-5-7-18(14-17)24-31(27,28)19-8-9-20-21(15-19)30-13-12-29-20/h5-9,14-16,24H,4,10-13H2,1-3H3,(H,23,26). The topological polar surface area (TPSA) is 97.0 Å². The Labute approximate surface area is 183 Å². The predicted octanol–water partition coefficient (Wildman–Crippen LogP) is 2.72. The second-order valence-corrected chi connectivity index (χ2v) is 9.15. The molecule has 0 aliphatic carbocycles. The molecule has 9 heteroatoms. The highest BCUT2D eigenvalue weighted by Gasteiger charge is 2.20. The van der Waals surface area contributed by atoms with Gasteiger partial charge in [0.2, 0.25) is 0 Å². The molecule has 1 heterocycles. The molecule has 0 bridgehead atoms. The van der Waals surface area contributed by atoms with Crippen molar-refractivity contribution in [3.05, 3.63) is 48.0 Å². The molecule has 1 amide bonds. The molecular weight excluding hydrogens is 418 g/mol. The van der Waals surface area contributed by atoms with Gasteiger partial charge in [-0.3, -0.25) is 14.4 Å². The molecular formula is C22H29N3O5S. The first-order chi connectivity index (χ1) is 14.8. The second kappa shape index (κ2) is 10.0. The smallest absolute Gasteiger partial charge is 0.262 e. The molecule has 1 aliphatic rings. The zero-order valence-electron chi connectivity index (χ0n) is 18.1. The van der Waals surface area contributed by atoms with Gasteiger partial charge < -0.3 is 14.8 Å². The van der Waals surface area contributed by atoms with Crippen LogP contribution in [0, 0.1) is 0 Å². The minimum Gasteiger partial charge on any atom is -0.486 e. The molecule has 0 spiro atoms. The number of hydrogen-bond donors (Lipinski definition) is 2. The Hall–Kier alpha value is -2.78. The lowest BCUT2D eigenvalue weighted by molar-refractivity contribution is 0.0946. The van der Waals surface area contributed by atoms with E-state index in [0.717, 1.165) is 13.1 Å². The average Bonchev–Trinajstić information content (AvgIpc) is 2.76. The van der Waals surface area contributed by atoms with Crippen LogP contribution in [0.15, 0.2) is 47.4 Å².